The molecule has 0 saturated heterocycles. The summed E-state index contributed by atoms with van der Waals surface area (Å²) in [4.78, 5) is 16.7. The van der Waals surface area contributed by atoms with Gasteiger partial charge in [-0.2, -0.15) is 0 Å². The van der Waals surface area contributed by atoms with E-state index >= 15 is 0 Å². The van der Waals surface area contributed by atoms with Crippen molar-refractivity contribution in [3.05, 3.63) is 35.9 Å². The van der Waals surface area contributed by atoms with E-state index < -0.39 is 29.8 Å². The largest absolute Gasteiger partial charge is 0.461 e. The summed E-state index contributed by atoms with van der Waals surface area (Å²) in [6, 6.07) is 8.13. The Labute approximate surface area is 145 Å². The number of aliphatic hydroxyl groups is 1. The van der Waals surface area contributed by atoms with Crippen LogP contribution in [0.1, 0.15) is 31.2 Å². The maximum absolute atomic E-state index is 13.7. The highest BCUT2D eigenvalue weighted by Crippen LogP contribution is 2.47. The number of ether oxygens (including phenoxy) is 1. The third-order valence-electron chi connectivity index (χ3n) is 4.94. The summed E-state index contributed by atoms with van der Waals surface area (Å²) in [5, 5.41) is 14.1. The van der Waals surface area contributed by atoms with Gasteiger partial charge in [0.1, 0.15) is 6.61 Å². The first kappa shape index (κ1) is 17.8. The highest BCUT2D eigenvalue weighted by atomic mass is 19.3. The van der Waals surface area contributed by atoms with Crippen molar-refractivity contribution in [2.45, 2.75) is 43.2 Å². The number of hydrogen-bond donors (Lipinski definition) is 2. The van der Waals surface area contributed by atoms with Crippen molar-refractivity contribution >= 4 is 12.3 Å². The zero-order chi connectivity index (χ0) is 17.9. The number of halogens is 2. The van der Waals surface area contributed by atoms with E-state index in [-0.39, 0.29) is 25.5 Å². The normalized spacial score (nSPS) is 27.3. The van der Waals surface area contributed by atoms with E-state index in [4.69, 9.17) is 4.74 Å². The molecule has 0 spiro atoms. The highest BCUT2D eigenvalue weighted by Gasteiger charge is 2.54. The Morgan fingerprint density at radius 1 is 1.36 bits per heavy atom. The van der Waals surface area contributed by atoms with E-state index in [1.54, 1.807) is 36.7 Å². The van der Waals surface area contributed by atoms with Crippen LogP contribution in [0.3, 0.4) is 0 Å². The zero-order valence-corrected chi connectivity index (χ0v) is 13.8. The molecule has 0 radical (unpaired) electrons. The van der Waals surface area contributed by atoms with E-state index in [1.165, 1.54) is 0 Å². The third kappa shape index (κ3) is 3.81. The van der Waals surface area contributed by atoms with Gasteiger partial charge in [-0.05, 0) is 18.4 Å². The van der Waals surface area contributed by atoms with E-state index in [2.05, 4.69) is 10.3 Å². The van der Waals surface area contributed by atoms with Crippen molar-refractivity contribution in [3.8, 4) is 0 Å². The molecule has 1 aromatic rings. The van der Waals surface area contributed by atoms with Gasteiger partial charge in [-0.15, -0.1) is 0 Å². The molecule has 1 fully saturated rings. The number of nitrogens with zero attached hydrogens (tertiary/aromatic N) is 1. The van der Waals surface area contributed by atoms with Gasteiger partial charge < -0.3 is 15.2 Å². The SMILES string of the molecule is O=C(OC[C@H]1CCN=CN1)[C@](O)(c1ccccc1)[C@@H]1CCC(F)(F)C1. The van der Waals surface area contributed by atoms with Crippen molar-refractivity contribution in [3.63, 3.8) is 0 Å². The lowest BCUT2D eigenvalue weighted by Gasteiger charge is -2.33. The first-order chi connectivity index (χ1) is 11.9. The number of aliphatic imine (C=N–C) groups is 1. The zero-order valence-electron chi connectivity index (χ0n) is 13.8. The van der Waals surface area contributed by atoms with Crippen LogP contribution in [0.25, 0.3) is 0 Å². The highest BCUT2D eigenvalue weighted by molar-refractivity contribution is 5.81. The van der Waals surface area contributed by atoms with Crippen molar-refractivity contribution in [1.29, 1.82) is 0 Å². The molecule has 2 N–H and O–H groups in total. The number of nitrogens with one attached hydrogen (secondary N) is 1. The van der Waals surface area contributed by atoms with Crippen LogP contribution in [-0.4, -0.2) is 42.5 Å². The van der Waals surface area contributed by atoms with Crippen molar-refractivity contribution < 1.29 is 23.4 Å². The fourth-order valence-corrected chi connectivity index (χ4v) is 3.47. The van der Waals surface area contributed by atoms with Gasteiger partial charge in [-0.25, -0.2) is 13.6 Å². The van der Waals surface area contributed by atoms with E-state index in [0.717, 1.165) is 0 Å². The van der Waals surface area contributed by atoms with Crippen LogP contribution in [-0.2, 0) is 15.1 Å². The minimum absolute atomic E-state index is 0.0586. The van der Waals surface area contributed by atoms with Crippen LogP contribution in [0.15, 0.2) is 35.3 Å². The predicted octanol–water partition coefficient (Wildman–Crippen LogP) is 2.24. The standard InChI is InChI=1S/C18H22F2N2O3/c19-17(20)8-6-14(10-17)18(24,13-4-2-1-3-5-13)16(23)25-11-15-7-9-21-12-22-15/h1-5,12,14-15,24H,6-11H2,(H,21,22)/t14-,15-,18+/m1/s1. The van der Waals surface area contributed by atoms with Crippen molar-refractivity contribution in [2.75, 3.05) is 13.2 Å². The molecule has 3 atom stereocenters. The van der Waals surface area contributed by atoms with Crippen LogP contribution >= 0.6 is 0 Å². The fourth-order valence-electron chi connectivity index (χ4n) is 3.47. The number of rotatable bonds is 5. The Bertz CT molecular complexity index is 638. The van der Waals surface area contributed by atoms with Crippen LogP contribution in [0, 0.1) is 5.92 Å². The Morgan fingerprint density at radius 2 is 2.12 bits per heavy atom. The molecule has 1 aliphatic heterocycles. The number of carbonyl (C=O) groups is 1. The van der Waals surface area contributed by atoms with E-state index in [0.29, 0.717) is 18.5 Å². The van der Waals surface area contributed by atoms with Crippen LogP contribution in [0.5, 0.6) is 0 Å². The van der Waals surface area contributed by atoms with E-state index in [9.17, 15) is 18.7 Å². The molecule has 25 heavy (non-hydrogen) atoms. The van der Waals surface area contributed by atoms with Crippen LogP contribution in [0.4, 0.5) is 8.78 Å². The fraction of sp³-hybridized carbons (Fsp3) is 0.556. The Hall–Kier alpha value is -2.02. The lowest BCUT2D eigenvalue weighted by Crippen LogP contribution is -2.46. The van der Waals surface area contributed by atoms with Crippen LogP contribution in [0.2, 0.25) is 0 Å². The topological polar surface area (TPSA) is 70.9 Å². The van der Waals surface area contributed by atoms with Crippen molar-refractivity contribution in [2.24, 2.45) is 10.9 Å². The summed E-state index contributed by atoms with van der Waals surface area (Å²) in [5.41, 5.74) is -1.77. The van der Waals surface area contributed by atoms with Gasteiger partial charge in [-0.1, -0.05) is 30.3 Å². The summed E-state index contributed by atoms with van der Waals surface area (Å²) < 4.78 is 32.7. The van der Waals surface area contributed by atoms with E-state index in [1.807, 2.05) is 0 Å². The van der Waals surface area contributed by atoms with Gasteiger partial charge in [0.25, 0.3) is 0 Å². The van der Waals surface area contributed by atoms with Gasteiger partial charge in [0, 0.05) is 25.3 Å². The molecule has 7 heteroatoms. The molecule has 1 aliphatic carbocycles. The van der Waals surface area contributed by atoms with Crippen LogP contribution < -0.4 is 5.32 Å². The second-order valence-corrected chi connectivity index (χ2v) is 6.71. The lowest BCUT2D eigenvalue weighted by atomic mass is 9.80. The second-order valence-electron chi connectivity index (χ2n) is 6.71. The molecular weight excluding hydrogens is 330 g/mol. The van der Waals surface area contributed by atoms with Gasteiger partial charge in [0.05, 0.1) is 12.4 Å². The average molecular weight is 352 g/mol. The predicted molar refractivity (Wildman–Crippen MR) is 88.5 cm³/mol. The molecule has 1 aromatic carbocycles. The molecule has 1 saturated carbocycles. The number of benzene rings is 1. The first-order valence-electron chi connectivity index (χ1n) is 8.49. The summed E-state index contributed by atoms with van der Waals surface area (Å²) in [6.07, 6.45) is 1.47. The molecule has 3 rings (SSSR count). The molecule has 5 nitrogen and oxygen atoms in total. The first-order valence-corrected chi connectivity index (χ1v) is 8.49. The molecule has 0 unspecified atom stereocenters. The molecule has 1 heterocycles. The second kappa shape index (κ2) is 7.07. The van der Waals surface area contributed by atoms with Crippen molar-refractivity contribution in [1.82, 2.24) is 5.32 Å². The van der Waals surface area contributed by atoms with Gasteiger partial charge in [0.2, 0.25) is 5.92 Å². The minimum Gasteiger partial charge on any atom is -0.461 e. The maximum Gasteiger partial charge on any atom is 0.343 e. The molecule has 2 aliphatic rings. The number of hydrogen-bond acceptors (Lipinski definition) is 5. The Kier molecular flexibility index (Phi) is 5.03. The molecule has 136 valence electrons. The van der Waals surface area contributed by atoms with Gasteiger partial charge >= 0.3 is 5.97 Å². The maximum atomic E-state index is 13.7. The third-order valence-corrected chi connectivity index (χ3v) is 4.94. The van der Waals surface area contributed by atoms with Gasteiger partial charge in [-0.3, -0.25) is 4.99 Å². The quantitative estimate of drug-likeness (QED) is 0.798. The summed E-state index contributed by atoms with van der Waals surface area (Å²) in [6.45, 7) is 0.691. The summed E-state index contributed by atoms with van der Waals surface area (Å²) in [5.74, 6) is -4.61. The number of alkyl halides is 2. The lowest BCUT2D eigenvalue weighted by molar-refractivity contribution is -0.175. The molecule has 0 amide bonds. The molecule has 0 aromatic heterocycles. The number of esters is 1. The number of carbonyl (C=O) groups excluding carboxylic acids is 1. The monoisotopic (exact) mass is 352 g/mol. The Balaban J connectivity index is 1.78. The Morgan fingerprint density at radius 3 is 2.72 bits per heavy atom. The summed E-state index contributed by atoms with van der Waals surface area (Å²) >= 11 is 0. The molecule has 0 bridgehead atoms. The van der Waals surface area contributed by atoms with Gasteiger partial charge in [0.15, 0.2) is 5.60 Å². The molecular formula is C18H22F2N2O3. The average Bonchev–Trinajstić information content (AvgIpc) is 3.01. The summed E-state index contributed by atoms with van der Waals surface area (Å²) in [7, 11) is 0. The minimum atomic E-state index is -2.87. The smallest absolute Gasteiger partial charge is 0.343 e.